The number of pyridine rings is 1. The second-order valence-electron chi connectivity index (χ2n) is 4.13. The fourth-order valence-electron chi connectivity index (χ4n) is 1.92. The minimum absolute atomic E-state index is 0.229. The van der Waals surface area contributed by atoms with Gasteiger partial charge in [0.05, 0.1) is 16.9 Å². The number of rotatable bonds is 3. The molecule has 0 saturated carbocycles. The molecule has 3 aromatic rings. The van der Waals surface area contributed by atoms with E-state index in [4.69, 9.17) is 11.6 Å². The normalized spacial score (nSPS) is 10.4. The summed E-state index contributed by atoms with van der Waals surface area (Å²) in [6, 6.07) is 14.4. The van der Waals surface area contributed by atoms with E-state index in [9.17, 15) is 4.79 Å². The minimum atomic E-state index is -0.253. The van der Waals surface area contributed by atoms with Crippen LogP contribution >= 0.6 is 11.6 Å². The quantitative estimate of drug-likeness (QED) is 0.694. The number of halogens is 1. The highest BCUT2D eigenvalue weighted by Crippen LogP contribution is 2.18. The predicted molar refractivity (Wildman–Crippen MR) is 76.2 cm³/mol. The molecule has 1 aromatic carbocycles. The Hall–Kier alpha value is -2.46. The fraction of sp³-hybridized carbons (Fsp3) is 0. The van der Waals surface area contributed by atoms with Crippen LogP contribution in [0.2, 0.25) is 5.02 Å². The van der Waals surface area contributed by atoms with Gasteiger partial charge in [0.1, 0.15) is 11.4 Å². The van der Waals surface area contributed by atoms with Crippen LogP contribution in [0.15, 0.2) is 60.9 Å². The third-order valence-electron chi connectivity index (χ3n) is 2.85. The summed E-state index contributed by atoms with van der Waals surface area (Å²) in [5, 5.41) is 4.52. The molecule has 0 radical (unpaired) electrons. The summed E-state index contributed by atoms with van der Waals surface area (Å²) < 4.78 is 1.58. The van der Waals surface area contributed by atoms with Gasteiger partial charge < -0.3 is 0 Å². The molecule has 20 heavy (non-hydrogen) atoms. The van der Waals surface area contributed by atoms with Crippen molar-refractivity contribution in [2.75, 3.05) is 0 Å². The number of nitrogens with zero attached hydrogens (tertiary/aromatic N) is 3. The highest BCUT2D eigenvalue weighted by Gasteiger charge is 2.18. The van der Waals surface area contributed by atoms with Gasteiger partial charge in [-0.1, -0.05) is 29.8 Å². The smallest absolute Gasteiger partial charge is 0.231 e. The zero-order valence-corrected chi connectivity index (χ0v) is 11.2. The van der Waals surface area contributed by atoms with Crippen LogP contribution in [0.1, 0.15) is 16.2 Å². The lowest BCUT2D eigenvalue weighted by Crippen LogP contribution is -2.11. The summed E-state index contributed by atoms with van der Waals surface area (Å²) in [6.45, 7) is 0. The van der Waals surface area contributed by atoms with Crippen molar-refractivity contribution in [3.63, 3.8) is 0 Å². The van der Waals surface area contributed by atoms with Crippen LogP contribution in [0.4, 0.5) is 0 Å². The van der Waals surface area contributed by atoms with Crippen LogP contribution in [0.25, 0.3) is 5.69 Å². The van der Waals surface area contributed by atoms with Crippen molar-refractivity contribution in [1.82, 2.24) is 14.8 Å². The van der Waals surface area contributed by atoms with Gasteiger partial charge in [0, 0.05) is 6.20 Å². The highest BCUT2D eigenvalue weighted by atomic mass is 35.5. The van der Waals surface area contributed by atoms with Crippen molar-refractivity contribution >= 4 is 17.4 Å². The van der Waals surface area contributed by atoms with E-state index in [1.807, 2.05) is 30.3 Å². The molecule has 0 amide bonds. The minimum Gasteiger partial charge on any atom is -0.285 e. The Morgan fingerprint density at radius 3 is 2.55 bits per heavy atom. The molecule has 0 fully saturated rings. The van der Waals surface area contributed by atoms with Crippen LogP contribution in [0.3, 0.4) is 0 Å². The number of carbonyl (C=O) groups excluding carboxylic acids is 1. The number of carbonyl (C=O) groups is 1. The zero-order chi connectivity index (χ0) is 13.9. The standard InChI is InChI=1S/C15H10ClN3O/c16-12-7-4-9-17-14(12)15(20)13-8-10-18-19(13)11-5-2-1-3-6-11/h1-10H. The topological polar surface area (TPSA) is 47.8 Å². The van der Waals surface area contributed by atoms with Crippen molar-refractivity contribution < 1.29 is 4.79 Å². The third-order valence-corrected chi connectivity index (χ3v) is 3.15. The lowest BCUT2D eigenvalue weighted by molar-refractivity contribution is 0.102. The average molecular weight is 284 g/mol. The zero-order valence-electron chi connectivity index (χ0n) is 10.4. The highest BCUT2D eigenvalue weighted by molar-refractivity contribution is 6.34. The van der Waals surface area contributed by atoms with Gasteiger partial charge in [0.15, 0.2) is 0 Å². The van der Waals surface area contributed by atoms with Crippen LogP contribution < -0.4 is 0 Å². The fourth-order valence-corrected chi connectivity index (χ4v) is 2.13. The maximum atomic E-state index is 12.5. The van der Waals surface area contributed by atoms with E-state index >= 15 is 0 Å². The van der Waals surface area contributed by atoms with Crippen molar-refractivity contribution in [2.45, 2.75) is 0 Å². The molecule has 0 saturated heterocycles. The molecule has 5 heteroatoms. The lowest BCUT2D eigenvalue weighted by Gasteiger charge is -2.07. The van der Waals surface area contributed by atoms with E-state index in [0.29, 0.717) is 10.7 Å². The Balaban J connectivity index is 2.07. The maximum absolute atomic E-state index is 12.5. The first-order valence-corrected chi connectivity index (χ1v) is 6.40. The Morgan fingerprint density at radius 2 is 1.80 bits per heavy atom. The predicted octanol–water partition coefficient (Wildman–Crippen LogP) is 3.15. The maximum Gasteiger partial charge on any atom is 0.231 e. The average Bonchev–Trinajstić information content (AvgIpc) is 2.97. The Morgan fingerprint density at radius 1 is 1.00 bits per heavy atom. The Bertz CT molecular complexity index is 753. The Kier molecular flexibility index (Phi) is 3.31. The number of hydrogen-bond acceptors (Lipinski definition) is 3. The van der Waals surface area contributed by atoms with E-state index < -0.39 is 0 Å². The van der Waals surface area contributed by atoms with Crippen LogP contribution in [-0.2, 0) is 0 Å². The Labute approximate surface area is 120 Å². The molecule has 3 rings (SSSR count). The second kappa shape index (κ2) is 5.27. The molecule has 2 aromatic heterocycles. The molecule has 98 valence electrons. The number of aromatic nitrogens is 3. The summed E-state index contributed by atoms with van der Waals surface area (Å²) >= 11 is 6.02. The molecule has 0 N–H and O–H groups in total. The van der Waals surface area contributed by atoms with Crippen LogP contribution in [-0.4, -0.2) is 20.5 Å². The summed E-state index contributed by atoms with van der Waals surface area (Å²) in [5.41, 5.74) is 1.47. The molecular formula is C15H10ClN3O. The summed E-state index contributed by atoms with van der Waals surface area (Å²) in [4.78, 5) is 16.6. The van der Waals surface area contributed by atoms with E-state index in [2.05, 4.69) is 10.1 Å². The second-order valence-corrected chi connectivity index (χ2v) is 4.53. The molecular weight excluding hydrogens is 274 g/mol. The van der Waals surface area contributed by atoms with Crippen LogP contribution in [0.5, 0.6) is 0 Å². The number of hydrogen-bond donors (Lipinski definition) is 0. The van der Waals surface area contributed by atoms with Crippen molar-refractivity contribution in [3.05, 3.63) is 77.3 Å². The third kappa shape index (κ3) is 2.21. The van der Waals surface area contributed by atoms with Gasteiger partial charge in [-0.25, -0.2) is 4.68 Å². The van der Waals surface area contributed by atoms with Crippen molar-refractivity contribution in [1.29, 1.82) is 0 Å². The van der Waals surface area contributed by atoms with Gasteiger partial charge in [-0.05, 0) is 30.3 Å². The molecule has 2 heterocycles. The SMILES string of the molecule is O=C(c1ncccc1Cl)c1ccnn1-c1ccccc1. The molecule has 0 atom stereocenters. The summed E-state index contributed by atoms with van der Waals surface area (Å²) in [5.74, 6) is -0.253. The molecule has 0 aliphatic carbocycles. The van der Waals surface area contributed by atoms with E-state index in [1.165, 1.54) is 0 Å². The molecule has 4 nitrogen and oxygen atoms in total. The molecule has 0 aliphatic rings. The van der Waals surface area contributed by atoms with Crippen LogP contribution in [0, 0.1) is 0 Å². The van der Waals surface area contributed by atoms with Gasteiger partial charge in [-0.2, -0.15) is 5.10 Å². The van der Waals surface area contributed by atoms with Gasteiger partial charge in [0.2, 0.25) is 5.78 Å². The molecule has 0 aliphatic heterocycles. The van der Waals surface area contributed by atoms with Gasteiger partial charge >= 0.3 is 0 Å². The molecule has 0 unspecified atom stereocenters. The van der Waals surface area contributed by atoms with Gasteiger partial charge in [0.25, 0.3) is 0 Å². The van der Waals surface area contributed by atoms with E-state index in [0.717, 1.165) is 5.69 Å². The number of ketones is 1. The largest absolute Gasteiger partial charge is 0.285 e. The number of benzene rings is 1. The summed E-state index contributed by atoms with van der Waals surface area (Å²) in [7, 11) is 0. The first kappa shape index (κ1) is 12.6. The monoisotopic (exact) mass is 283 g/mol. The first-order chi connectivity index (χ1) is 9.77. The van der Waals surface area contributed by atoms with Crippen molar-refractivity contribution in [3.8, 4) is 5.69 Å². The molecule has 0 spiro atoms. The van der Waals surface area contributed by atoms with Gasteiger partial charge in [-0.3, -0.25) is 9.78 Å². The van der Waals surface area contributed by atoms with E-state index in [-0.39, 0.29) is 11.5 Å². The molecule has 0 bridgehead atoms. The van der Waals surface area contributed by atoms with Crippen molar-refractivity contribution in [2.24, 2.45) is 0 Å². The van der Waals surface area contributed by atoms with E-state index in [1.54, 1.807) is 35.3 Å². The number of para-hydroxylation sites is 1. The summed E-state index contributed by atoms with van der Waals surface area (Å²) in [6.07, 6.45) is 3.12. The first-order valence-electron chi connectivity index (χ1n) is 6.02. The lowest BCUT2D eigenvalue weighted by atomic mass is 10.2. The van der Waals surface area contributed by atoms with Gasteiger partial charge in [-0.15, -0.1) is 0 Å².